The van der Waals surface area contributed by atoms with E-state index in [1.165, 1.54) is 13.2 Å². The summed E-state index contributed by atoms with van der Waals surface area (Å²) in [7, 11) is 3.12. The summed E-state index contributed by atoms with van der Waals surface area (Å²) in [6, 6.07) is 7.56. The smallest absolute Gasteiger partial charge is 0.330 e. The quantitative estimate of drug-likeness (QED) is 0.604. The van der Waals surface area contributed by atoms with E-state index in [2.05, 4.69) is 4.74 Å². The molecule has 1 heterocycles. The Morgan fingerprint density at radius 3 is 2.89 bits per heavy atom. The lowest BCUT2D eigenvalue weighted by molar-refractivity contribution is -0.134. The first-order valence-electron chi connectivity index (χ1n) is 5.75. The minimum Gasteiger partial charge on any atom is -0.466 e. The molecule has 0 aliphatic carbocycles. The van der Waals surface area contributed by atoms with Crippen LogP contribution in [0.15, 0.2) is 36.4 Å². The highest BCUT2D eigenvalue weighted by molar-refractivity contribution is 5.99. The molecule has 0 aromatic heterocycles. The van der Waals surface area contributed by atoms with E-state index in [-0.39, 0.29) is 17.9 Å². The highest BCUT2D eigenvalue weighted by Crippen LogP contribution is 2.34. The van der Waals surface area contributed by atoms with Crippen molar-refractivity contribution in [1.29, 1.82) is 0 Å². The zero-order chi connectivity index (χ0) is 13.1. The third-order valence-corrected chi connectivity index (χ3v) is 3.15. The molecule has 2 rings (SSSR count). The molecule has 0 bridgehead atoms. The summed E-state index contributed by atoms with van der Waals surface area (Å²) < 4.78 is 4.53. The van der Waals surface area contributed by atoms with Crippen LogP contribution in [0.5, 0.6) is 0 Å². The number of amides is 1. The van der Waals surface area contributed by atoms with Gasteiger partial charge < -0.3 is 9.64 Å². The lowest BCUT2D eigenvalue weighted by atomic mass is 10.0. The van der Waals surface area contributed by atoms with E-state index in [4.69, 9.17) is 0 Å². The standard InChI is InChI=1S/C14H15NO3/c1-15-12(8-5-9-13(16)18-2)10-6-3-4-7-11(10)14(15)17/h3-7,9,12H,8H2,1-2H3/b9-5+. The van der Waals surface area contributed by atoms with Crippen molar-refractivity contribution in [1.82, 2.24) is 4.90 Å². The largest absolute Gasteiger partial charge is 0.466 e. The fourth-order valence-electron chi connectivity index (χ4n) is 2.17. The van der Waals surface area contributed by atoms with E-state index in [1.807, 2.05) is 24.3 Å². The van der Waals surface area contributed by atoms with E-state index in [9.17, 15) is 9.59 Å². The van der Waals surface area contributed by atoms with Gasteiger partial charge in [-0.2, -0.15) is 0 Å². The Balaban J connectivity index is 2.17. The fraction of sp³-hybridized carbons (Fsp3) is 0.286. The van der Waals surface area contributed by atoms with Crippen LogP contribution in [-0.2, 0) is 9.53 Å². The predicted octanol–water partition coefficient (Wildman–Crippen LogP) is 1.93. The molecule has 4 heteroatoms. The van der Waals surface area contributed by atoms with Crippen molar-refractivity contribution >= 4 is 11.9 Å². The van der Waals surface area contributed by atoms with Gasteiger partial charge in [0.25, 0.3) is 5.91 Å². The fourth-order valence-corrected chi connectivity index (χ4v) is 2.17. The Morgan fingerprint density at radius 1 is 1.44 bits per heavy atom. The van der Waals surface area contributed by atoms with E-state index in [0.29, 0.717) is 6.42 Å². The third kappa shape index (κ3) is 2.14. The molecule has 18 heavy (non-hydrogen) atoms. The molecule has 0 N–H and O–H groups in total. The van der Waals surface area contributed by atoms with E-state index in [0.717, 1.165) is 11.1 Å². The number of hydrogen-bond acceptors (Lipinski definition) is 3. The first-order valence-corrected chi connectivity index (χ1v) is 5.75. The van der Waals surface area contributed by atoms with Gasteiger partial charge in [0, 0.05) is 18.7 Å². The molecule has 0 saturated carbocycles. The number of methoxy groups -OCH3 is 1. The summed E-state index contributed by atoms with van der Waals surface area (Å²) >= 11 is 0. The van der Waals surface area contributed by atoms with Crippen LogP contribution in [0, 0.1) is 0 Å². The highest BCUT2D eigenvalue weighted by Gasteiger charge is 2.32. The van der Waals surface area contributed by atoms with Crippen molar-refractivity contribution in [2.75, 3.05) is 14.2 Å². The number of benzene rings is 1. The van der Waals surface area contributed by atoms with Crippen LogP contribution >= 0.6 is 0 Å². The zero-order valence-corrected chi connectivity index (χ0v) is 10.4. The number of hydrogen-bond donors (Lipinski definition) is 0. The number of rotatable bonds is 3. The molecule has 0 radical (unpaired) electrons. The zero-order valence-electron chi connectivity index (χ0n) is 10.4. The monoisotopic (exact) mass is 245 g/mol. The lowest BCUT2D eigenvalue weighted by Gasteiger charge is -2.18. The van der Waals surface area contributed by atoms with Crippen molar-refractivity contribution < 1.29 is 14.3 Å². The third-order valence-electron chi connectivity index (χ3n) is 3.15. The molecule has 1 aliphatic rings. The molecule has 0 spiro atoms. The van der Waals surface area contributed by atoms with Gasteiger partial charge in [-0.05, 0) is 18.1 Å². The molecule has 1 aromatic rings. The number of carbonyl (C=O) groups excluding carboxylic acids is 2. The van der Waals surface area contributed by atoms with Crippen LogP contribution in [0.25, 0.3) is 0 Å². The van der Waals surface area contributed by atoms with E-state index < -0.39 is 0 Å². The molecule has 1 atom stereocenters. The van der Waals surface area contributed by atoms with Crippen molar-refractivity contribution in [3.8, 4) is 0 Å². The van der Waals surface area contributed by atoms with Gasteiger partial charge in [0.1, 0.15) is 0 Å². The minimum atomic E-state index is -0.379. The summed E-state index contributed by atoms with van der Waals surface area (Å²) in [4.78, 5) is 24.7. The molecule has 94 valence electrons. The van der Waals surface area contributed by atoms with Gasteiger partial charge >= 0.3 is 5.97 Å². The summed E-state index contributed by atoms with van der Waals surface area (Å²) in [5, 5.41) is 0. The molecular weight excluding hydrogens is 230 g/mol. The number of esters is 1. The van der Waals surface area contributed by atoms with Crippen LogP contribution in [0.1, 0.15) is 28.4 Å². The predicted molar refractivity (Wildman–Crippen MR) is 67.0 cm³/mol. The van der Waals surface area contributed by atoms with Gasteiger partial charge in [-0.25, -0.2) is 4.79 Å². The average Bonchev–Trinajstić information content (AvgIpc) is 2.64. The van der Waals surface area contributed by atoms with Gasteiger partial charge in [0.2, 0.25) is 0 Å². The van der Waals surface area contributed by atoms with Gasteiger partial charge in [-0.15, -0.1) is 0 Å². The average molecular weight is 245 g/mol. The van der Waals surface area contributed by atoms with Crippen molar-refractivity contribution in [2.45, 2.75) is 12.5 Å². The number of nitrogens with zero attached hydrogens (tertiary/aromatic N) is 1. The summed E-state index contributed by atoms with van der Waals surface area (Å²) in [5.74, 6) is -0.350. The molecule has 1 amide bonds. The first-order chi connectivity index (χ1) is 8.65. The maximum atomic E-state index is 12.0. The topological polar surface area (TPSA) is 46.6 Å². The van der Waals surface area contributed by atoms with Crippen LogP contribution in [0.4, 0.5) is 0 Å². The number of fused-ring (bicyclic) bond motifs is 1. The molecule has 1 aromatic carbocycles. The Morgan fingerprint density at radius 2 is 2.17 bits per heavy atom. The Labute approximate surface area is 106 Å². The Kier molecular flexibility index (Phi) is 3.46. The SMILES string of the molecule is COC(=O)/C=C/CC1c2ccccc2C(=O)N1C. The second-order valence-electron chi connectivity index (χ2n) is 4.18. The van der Waals surface area contributed by atoms with Crippen LogP contribution in [0.3, 0.4) is 0 Å². The van der Waals surface area contributed by atoms with Crippen LogP contribution in [0.2, 0.25) is 0 Å². The molecule has 0 saturated heterocycles. The first kappa shape index (κ1) is 12.4. The molecule has 4 nitrogen and oxygen atoms in total. The second-order valence-corrected chi connectivity index (χ2v) is 4.18. The van der Waals surface area contributed by atoms with Crippen molar-refractivity contribution in [3.05, 3.63) is 47.5 Å². The lowest BCUT2D eigenvalue weighted by Crippen LogP contribution is -2.22. The highest BCUT2D eigenvalue weighted by atomic mass is 16.5. The maximum Gasteiger partial charge on any atom is 0.330 e. The maximum absolute atomic E-state index is 12.0. The van der Waals surface area contributed by atoms with Gasteiger partial charge in [0.05, 0.1) is 13.2 Å². The summed E-state index contributed by atoms with van der Waals surface area (Å²) in [5.41, 5.74) is 1.76. The molecule has 1 unspecified atom stereocenters. The number of ether oxygens (including phenoxy) is 1. The van der Waals surface area contributed by atoms with E-state index >= 15 is 0 Å². The number of carbonyl (C=O) groups is 2. The minimum absolute atomic E-state index is 0.00499. The van der Waals surface area contributed by atoms with Crippen LogP contribution < -0.4 is 0 Å². The van der Waals surface area contributed by atoms with Gasteiger partial charge in [-0.3, -0.25) is 4.79 Å². The summed E-state index contributed by atoms with van der Waals surface area (Å²) in [6.45, 7) is 0. The van der Waals surface area contributed by atoms with Gasteiger partial charge in [0.15, 0.2) is 0 Å². The second kappa shape index (κ2) is 5.04. The van der Waals surface area contributed by atoms with Gasteiger partial charge in [-0.1, -0.05) is 24.3 Å². The normalized spacial score (nSPS) is 18.2. The molecule has 0 fully saturated rings. The summed E-state index contributed by atoms with van der Waals surface area (Å²) in [6.07, 6.45) is 3.73. The Bertz CT molecular complexity index is 508. The molecular formula is C14H15NO3. The van der Waals surface area contributed by atoms with Crippen molar-refractivity contribution in [2.24, 2.45) is 0 Å². The van der Waals surface area contributed by atoms with E-state index in [1.54, 1.807) is 18.0 Å². The van der Waals surface area contributed by atoms with Crippen LogP contribution in [-0.4, -0.2) is 30.9 Å². The molecule has 1 aliphatic heterocycles. The van der Waals surface area contributed by atoms with Crippen molar-refractivity contribution in [3.63, 3.8) is 0 Å². The Hall–Kier alpha value is -2.10.